The lowest BCUT2D eigenvalue weighted by Gasteiger charge is -2.43. The molecule has 2 aromatic rings. The lowest BCUT2D eigenvalue weighted by Crippen LogP contribution is -2.67. The molecule has 0 aromatic heterocycles. The van der Waals surface area contributed by atoms with Crippen molar-refractivity contribution in [2.45, 2.75) is 191 Å². The predicted molar refractivity (Wildman–Crippen MR) is 293 cm³/mol. The fourth-order valence-corrected chi connectivity index (χ4v) is 12.4. The fraction of sp³-hybridized carbons (Fsp3) is 0.589. The number of allylic oxidation sites excluding steroid dienone is 2. The molecule has 3 fully saturated rings. The van der Waals surface area contributed by atoms with Crippen molar-refractivity contribution in [3.63, 3.8) is 0 Å². The first kappa shape index (κ1) is 59.0. The van der Waals surface area contributed by atoms with Crippen LogP contribution in [0.5, 0.6) is 5.75 Å². The maximum Gasteiger partial charge on any atom is 0.264 e. The van der Waals surface area contributed by atoms with E-state index in [0.29, 0.717) is 94.1 Å². The Kier molecular flexibility index (Phi) is 19.9. The summed E-state index contributed by atoms with van der Waals surface area (Å²) in [5, 5.41) is 11.7. The highest BCUT2D eigenvalue weighted by Gasteiger charge is 2.50. The van der Waals surface area contributed by atoms with Crippen LogP contribution >= 0.6 is 0 Å². The van der Waals surface area contributed by atoms with Gasteiger partial charge in [-0.3, -0.25) is 33.8 Å². The minimum absolute atomic E-state index is 0.0234. The number of nitrogens with zero attached hydrogens (tertiary/aromatic N) is 3. The molecule has 3 aliphatic heterocycles. The summed E-state index contributed by atoms with van der Waals surface area (Å²) in [6.07, 6.45) is 10.6. The van der Waals surface area contributed by atoms with E-state index in [9.17, 15) is 37.2 Å². The Morgan fingerprint density at radius 3 is 2.12 bits per heavy atom. The number of amides is 6. The Morgan fingerprint density at radius 2 is 1.49 bits per heavy atom. The number of carbonyl (C=O) groups is 6. The van der Waals surface area contributed by atoms with Crippen LogP contribution in [-0.2, 0) is 51.6 Å². The van der Waals surface area contributed by atoms with E-state index in [4.69, 9.17) is 16.2 Å². The lowest BCUT2D eigenvalue weighted by molar-refractivity contribution is -0.146. The van der Waals surface area contributed by atoms with E-state index in [-0.39, 0.29) is 68.5 Å². The van der Waals surface area contributed by atoms with E-state index in [1.54, 1.807) is 26.0 Å². The molecule has 9 N–H and O–H groups in total. The molecule has 3 heterocycles. The molecule has 5 atom stereocenters. The van der Waals surface area contributed by atoms with Crippen molar-refractivity contribution in [1.82, 2.24) is 35.8 Å². The minimum atomic E-state index is -4.19. The molecule has 19 nitrogen and oxygen atoms in total. The highest BCUT2D eigenvalue weighted by molar-refractivity contribution is 7.90. The zero-order valence-corrected chi connectivity index (χ0v) is 46.3. The Bertz CT molecular complexity index is 2670. The summed E-state index contributed by atoms with van der Waals surface area (Å²) in [5.41, 5.74) is 15.1. The number of benzene rings is 2. The standard InChI is InChI=1S/C56H82N10O9S/c1-9-11-13-22-41(57)48(67)61-43(33-39-21-15-20-35(3)32-39)52(71)66-31-18-25-45(66)50(69)63-56(26-19-27-56)53(72)62-42(51(70)65-30-17-24-44(65)49(68)59-28-14-12-10-2)23-16-29-60-54(58)64-76(73,74)47-37(5)36(4)46-40(38(47)6)34-55(7,8)75-46/h9-10,15,20-21,32,41-45H,1-2,11-14,16-19,22-31,33-34,57H2,3-8H3,(H,59,68)(H,61,67)(H,62,72)(H,63,69)(H3,58,60,64)/t41-,42-,43-,44-,45-/m0/s1. The third-order valence-corrected chi connectivity index (χ3v) is 16.9. The van der Waals surface area contributed by atoms with Gasteiger partial charge in [0.1, 0.15) is 41.1 Å². The maximum atomic E-state index is 14.6. The molecular weight excluding hydrogens is 989 g/mol. The van der Waals surface area contributed by atoms with Crippen LogP contribution in [0.3, 0.4) is 0 Å². The highest BCUT2D eigenvalue weighted by atomic mass is 32.2. The third kappa shape index (κ3) is 14.2. The number of ether oxygens (including phenoxy) is 1. The number of nitrogens with two attached hydrogens (primary N) is 2. The number of hydrogen-bond donors (Lipinski definition) is 7. The summed E-state index contributed by atoms with van der Waals surface area (Å²) in [5.74, 6) is -2.45. The molecule has 6 amide bonds. The van der Waals surface area contributed by atoms with Gasteiger partial charge in [0.15, 0.2) is 0 Å². The van der Waals surface area contributed by atoms with E-state index in [0.717, 1.165) is 22.3 Å². The molecule has 0 radical (unpaired) electrons. The highest BCUT2D eigenvalue weighted by Crippen LogP contribution is 2.44. The van der Waals surface area contributed by atoms with Gasteiger partial charge >= 0.3 is 0 Å². The first-order chi connectivity index (χ1) is 36.0. The minimum Gasteiger partial charge on any atom is -0.487 e. The van der Waals surface area contributed by atoms with E-state index in [1.807, 2.05) is 52.0 Å². The van der Waals surface area contributed by atoms with E-state index >= 15 is 0 Å². The quantitative estimate of drug-likeness (QED) is 0.0323. The molecule has 416 valence electrons. The van der Waals surface area contributed by atoms with Crippen LogP contribution in [0, 0.1) is 27.7 Å². The monoisotopic (exact) mass is 1070 g/mol. The number of guanidine groups is 1. The van der Waals surface area contributed by atoms with Gasteiger partial charge < -0.3 is 47.3 Å². The zero-order chi connectivity index (χ0) is 55.5. The van der Waals surface area contributed by atoms with E-state index in [2.05, 4.69) is 44.1 Å². The second-order valence-electron chi connectivity index (χ2n) is 21.7. The molecule has 0 unspecified atom stereocenters. The average molecular weight is 1070 g/mol. The van der Waals surface area contributed by atoms with Crippen molar-refractivity contribution in [3.05, 3.63) is 83.0 Å². The van der Waals surface area contributed by atoms with Crippen LogP contribution in [0.15, 0.2) is 59.5 Å². The molecule has 2 saturated heterocycles. The zero-order valence-electron chi connectivity index (χ0n) is 45.5. The molecule has 6 rings (SSSR count). The topological polar surface area (TPSA) is 277 Å². The third-order valence-electron chi connectivity index (χ3n) is 15.3. The van der Waals surface area contributed by atoms with Gasteiger partial charge in [-0.05, 0) is 154 Å². The van der Waals surface area contributed by atoms with Crippen molar-refractivity contribution in [2.75, 3.05) is 26.2 Å². The molecular formula is C56H82N10O9S. The van der Waals surface area contributed by atoms with E-state index < -0.39 is 80.9 Å². The van der Waals surface area contributed by atoms with Gasteiger partial charge in [-0.15, -0.1) is 13.2 Å². The fourth-order valence-electron chi connectivity index (χ4n) is 10.9. The van der Waals surface area contributed by atoms with Crippen molar-refractivity contribution in [1.29, 1.82) is 0 Å². The van der Waals surface area contributed by atoms with Crippen molar-refractivity contribution >= 4 is 51.4 Å². The number of fused-ring (bicyclic) bond motifs is 1. The molecule has 0 spiro atoms. The average Bonchev–Trinajstić information content (AvgIpc) is 4.13. The second kappa shape index (κ2) is 25.7. The van der Waals surface area contributed by atoms with Crippen LogP contribution in [-0.4, -0.2) is 127 Å². The largest absolute Gasteiger partial charge is 0.487 e. The number of hydrogen-bond acceptors (Lipinski definition) is 11. The van der Waals surface area contributed by atoms with Crippen LogP contribution in [0.2, 0.25) is 0 Å². The summed E-state index contributed by atoms with van der Waals surface area (Å²) in [6, 6.07) is 2.90. The summed E-state index contributed by atoms with van der Waals surface area (Å²) >= 11 is 0. The first-order valence-corrected chi connectivity index (χ1v) is 28.5. The summed E-state index contributed by atoms with van der Waals surface area (Å²) < 4.78 is 36.4. The summed E-state index contributed by atoms with van der Waals surface area (Å²) in [4.78, 5) is 92.5. The molecule has 4 aliphatic rings. The number of rotatable bonds is 25. The molecule has 20 heteroatoms. The van der Waals surface area contributed by atoms with Crippen molar-refractivity contribution < 1.29 is 41.9 Å². The summed E-state index contributed by atoms with van der Waals surface area (Å²) in [7, 11) is -4.19. The molecule has 76 heavy (non-hydrogen) atoms. The van der Waals surface area contributed by atoms with Crippen molar-refractivity contribution in [3.8, 4) is 5.75 Å². The number of carbonyl (C=O) groups excluding carboxylic acids is 6. The number of unbranched alkanes of at least 4 members (excludes halogenated alkanes) is 2. The molecule has 0 bridgehead atoms. The lowest BCUT2D eigenvalue weighted by atomic mass is 9.75. The van der Waals surface area contributed by atoms with Gasteiger partial charge in [0.25, 0.3) is 10.0 Å². The van der Waals surface area contributed by atoms with Gasteiger partial charge in [0.2, 0.25) is 41.4 Å². The Morgan fingerprint density at radius 1 is 0.842 bits per heavy atom. The van der Waals surface area contributed by atoms with Crippen LogP contribution in [0.25, 0.3) is 0 Å². The molecule has 1 aliphatic carbocycles. The predicted octanol–water partition coefficient (Wildman–Crippen LogP) is 4.01. The van der Waals surface area contributed by atoms with Gasteiger partial charge in [0, 0.05) is 44.6 Å². The smallest absolute Gasteiger partial charge is 0.264 e. The van der Waals surface area contributed by atoms with Crippen LogP contribution in [0.4, 0.5) is 0 Å². The van der Waals surface area contributed by atoms with Crippen molar-refractivity contribution in [2.24, 2.45) is 16.5 Å². The van der Waals surface area contributed by atoms with Crippen LogP contribution < -0.4 is 42.2 Å². The van der Waals surface area contributed by atoms with Gasteiger partial charge in [-0.1, -0.05) is 42.0 Å². The van der Waals surface area contributed by atoms with Gasteiger partial charge in [0.05, 0.1) is 10.9 Å². The SMILES string of the molecule is C=CCCCNC(=O)[C@@H]1CCCN1C(=O)[C@H](CCCN=C(N)NS(=O)(=O)c1c(C)c(C)c2c(c1C)CC(C)(C)O2)NC(=O)C1(NC(=O)[C@@H]2CCCN2C(=O)[C@H](Cc2cccc(C)c2)NC(=O)[C@@H](N)CCCC=C)CCC1. The maximum absolute atomic E-state index is 14.6. The molecule has 2 aromatic carbocycles. The van der Waals surface area contributed by atoms with Crippen LogP contribution in [0.1, 0.15) is 137 Å². The van der Waals surface area contributed by atoms with E-state index in [1.165, 1.54) is 9.80 Å². The Labute approximate surface area is 449 Å². The van der Waals surface area contributed by atoms with Gasteiger partial charge in [-0.2, -0.15) is 0 Å². The Hall–Kier alpha value is -6.28. The number of sulfonamides is 1. The number of likely N-dealkylation sites (tertiary alicyclic amines) is 2. The van der Waals surface area contributed by atoms with Gasteiger partial charge in [-0.25, -0.2) is 13.1 Å². The number of aryl methyl sites for hydroxylation is 1. The molecule has 1 saturated carbocycles. The first-order valence-electron chi connectivity index (χ1n) is 27.0. The number of aliphatic imine (C=N–C) groups is 1. The normalized spacial score (nSPS) is 19.8. The number of nitrogens with one attached hydrogen (secondary N) is 5. The Balaban J connectivity index is 1.17. The second-order valence-corrected chi connectivity index (χ2v) is 23.3. The summed E-state index contributed by atoms with van der Waals surface area (Å²) in [6.45, 7) is 19.5.